The van der Waals surface area contributed by atoms with E-state index in [1.165, 1.54) is 49.3 Å². The molecule has 0 aliphatic carbocycles. The lowest BCUT2D eigenvalue weighted by Gasteiger charge is -2.46. The first-order valence-corrected chi connectivity index (χ1v) is 19.3. The molecule has 9 aromatic carbocycles. The lowest BCUT2D eigenvalue weighted by Crippen LogP contribution is -2.38. The maximum Gasteiger partial charge on any atom is 0.140 e. The monoisotopic (exact) mass is 714 g/mol. The van der Waals surface area contributed by atoms with Crippen LogP contribution in [0.1, 0.15) is 22.3 Å². The van der Waals surface area contributed by atoms with Crippen molar-refractivity contribution in [2.45, 2.75) is 5.41 Å². The molecule has 0 radical (unpaired) electrons. The minimum absolute atomic E-state index is 0.734. The topological polar surface area (TPSA) is 21.3 Å². The highest BCUT2D eigenvalue weighted by Gasteiger charge is 2.48. The third kappa shape index (κ3) is 4.17. The van der Waals surface area contributed by atoms with E-state index < -0.39 is 5.41 Å². The van der Waals surface area contributed by atoms with Crippen LogP contribution >= 0.6 is 0 Å². The summed E-state index contributed by atoms with van der Waals surface area (Å²) in [6.07, 6.45) is 0. The number of anilines is 3. The van der Waals surface area contributed by atoms with Gasteiger partial charge in [0.2, 0.25) is 0 Å². The number of aromatic nitrogens is 1. The predicted octanol–water partition coefficient (Wildman–Crippen LogP) is 14.0. The van der Waals surface area contributed by atoms with Crippen LogP contribution < -0.4 is 4.90 Å². The summed E-state index contributed by atoms with van der Waals surface area (Å²) >= 11 is 0. The summed E-state index contributed by atoms with van der Waals surface area (Å²) < 4.78 is 9.35. The van der Waals surface area contributed by atoms with Crippen molar-refractivity contribution in [3.05, 3.63) is 229 Å². The fourth-order valence-electron chi connectivity index (χ4n) is 9.82. The van der Waals surface area contributed by atoms with E-state index in [9.17, 15) is 0 Å². The van der Waals surface area contributed by atoms with Gasteiger partial charge in [-0.1, -0.05) is 158 Å². The van der Waals surface area contributed by atoms with Crippen LogP contribution in [0.15, 0.2) is 211 Å². The van der Waals surface area contributed by atoms with Gasteiger partial charge in [-0.2, -0.15) is 0 Å². The Morgan fingerprint density at radius 2 is 0.857 bits per heavy atom. The number of rotatable bonds is 4. The molecule has 0 amide bonds. The highest BCUT2D eigenvalue weighted by atomic mass is 16.3. The molecule has 12 rings (SSSR count). The zero-order valence-electron chi connectivity index (χ0n) is 30.4. The molecule has 1 aliphatic heterocycles. The van der Waals surface area contributed by atoms with Crippen LogP contribution in [0.3, 0.4) is 0 Å². The lowest BCUT2D eigenvalue weighted by molar-refractivity contribution is 0.644. The minimum atomic E-state index is -0.734. The molecule has 3 nitrogen and oxygen atoms in total. The maximum absolute atomic E-state index is 6.95. The average Bonchev–Trinajstić information content (AvgIpc) is 3.82. The third-order valence-corrected chi connectivity index (χ3v) is 12.0. The van der Waals surface area contributed by atoms with Crippen molar-refractivity contribution in [3.63, 3.8) is 0 Å². The van der Waals surface area contributed by atoms with Gasteiger partial charge in [-0.15, -0.1) is 0 Å². The SMILES string of the molecule is c1cc(N2c3ccccc3C(c3cccc4ccccc34)(c3cccc4c3oc3ccccc34)c3ccccc32)cc(-n2c3ccccc3c3ccccc32)c1. The van der Waals surface area contributed by atoms with Gasteiger partial charge >= 0.3 is 0 Å². The molecule has 0 spiro atoms. The molecule has 2 aromatic heterocycles. The highest BCUT2D eigenvalue weighted by Crippen LogP contribution is 2.60. The Balaban J connectivity index is 1.18. The first-order chi connectivity index (χ1) is 27.8. The van der Waals surface area contributed by atoms with Crippen LogP contribution in [0, 0.1) is 0 Å². The van der Waals surface area contributed by atoms with Gasteiger partial charge in [0.1, 0.15) is 11.2 Å². The van der Waals surface area contributed by atoms with E-state index in [-0.39, 0.29) is 0 Å². The predicted molar refractivity (Wildman–Crippen MR) is 232 cm³/mol. The van der Waals surface area contributed by atoms with Crippen LogP contribution in [0.2, 0.25) is 0 Å². The van der Waals surface area contributed by atoms with Gasteiger partial charge in [0.25, 0.3) is 0 Å². The van der Waals surface area contributed by atoms with Gasteiger partial charge in [-0.25, -0.2) is 0 Å². The zero-order chi connectivity index (χ0) is 36.8. The van der Waals surface area contributed by atoms with Crippen LogP contribution in [-0.4, -0.2) is 4.57 Å². The Bertz CT molecular complexity index is 3240. The molecule has 3 heteroatoms. The fraction of sp³-hybridized carbons (Fsp3) is 0.0189. The van der Waals surface area contributed by atoms with Gasteiger partial charge in [0.15, 0.2) is 0 Å². The summed E-state index contributed by atoms with van der Waals surface area (Å²) in [6.45, 7) is 0. The number of hydrogen-bond acceptors (Lipinski definition) is 2. The Hall–Kier alpha value is -7.36. The van der Waals surface area contributed by atoms with Gasteiger partial charge < -0.3 is 13.9 Å². The number of fused-ring (bicyclic) bond motifs is 9. The third-order valence-electron chi connectivity index (χ3n) is 12.0. The number of benzene rings is 9. The number of nitrogens with zero attached hydrogens (tertiary/aromatic N) is 2. The Morgan fingerprint density at radius 3 is 1.61 bits per heavy atom. The largest absolute Gasteiger partial charge is 0.456 e. The molecule has 1 aliphatic rings. The Morgan fingerprint density at radius 1 is 0.357 bits per heavy atom. The summed E-state index contributed by atoms with van der Waals surface area (Å²) in [5.41, 5.74) is 12.7. The van der Waals surface area contributed by atoms with Crippen molar-refractivity contribution in [1.82, 2.24) is 4.57 Å². The summed E-state index contributed by atoms with van der Waals surface area (Å²) in [5, 5.41) is 7.17. The number of para-hydroxylation sites is 6. The Labute approximate surface area is 323 Å². The molecule has 0 N–H and O–H groups in total. The molecule has 0 fully saturated rings. The van der Waals surface area contributed by atoms with Crippen LogP contribution in [0.25, 0.3) is 60.2 Å². The molecule has 11 aromatic rings. The summed E-state index contributed by atoms with van der Waals surface area (Å²) in [6, 6.07) is 75.1. The van der Waals surface area contributed by atoms with Crippen molar-refractivity contribution >= 4 is 71.6 Å². The van der Waals surface area contributed by atoms with Crippen molar-refractivity contribution in [3.8, 4) is 5.69 Å². The molecule has 262 valence electrons. The van der Waals surface area contributed by atoms with Crippen LogP contribution in [0.5, 0.6) is 0 Å². The molecule has 0 atom stereocenters. The van der Waals surface area contributed by atoms with Crippen molar-refractivity contribution in [2.24, 2.45) is 0 Å². The molecular weight excluding hydrogens is 681 g/mol. The molecule has 0 saturated carbocycles. The van der Waals surface area contributed by atoms with Crippen LogP contribution in [0.4, 0.5) is 17.1 Å². The van der Waals surface area contributed by atoms with Gasteiger partial charge in [-0.3, -0.25) is 0 Å². The van der Waals surface area contributed by atoms with E-state index in [2.05, 4.69) is 216 Å². The van der Waals surface area contributed by atoms with Gasteiger partial charge in [0.05, 0.1) is 27.8 Å². The van der Waals surface area contributed by atoms with E-state index in [0.29, 0.717) is 0 Å². The second-order valence-electron chi connectivity index (χ2n) is 14.8. The molecule has 56 heavy (non-hydrogen) atoms. The zero-order valence-corrected chi connectivity index (χ0v) is 30.4. The molecular formula is C53H34N2O. The van der Waals surface area contributed by atoms with Crippen LogP contribution in [-0.2, 0) is 5.41 Å². The maximum atomic E-state index is 6.95. The van der Waals surface area contributed by atoms with E-state index in [4.69, 9.17) is 4.42 Å². The van der Waals surface area contributed by atoms with E-state index >= 15 is 0 Å². The molecule has 0 saturated heterocycles. The summed E-state index contributed by atoms with van der Waals surface area (Å²) in [5.74, 6) is 0. The fourth-order valence-corrected chi connectivity index (χ4v) is 9.82. The lowest BCUT2D eigenvalue weighted by atomic mass is 9.61. The second-order valence-corrected chi connectivity index (χ2v) is 14.8. The first-order valence-electron chi connectivity index (χ1n) is 19.3. The number of furan rings is 1. The van der Waals surface area contributed by atoms with Gasteiger partial charge in [-0.05, 0) is 76.0 Å². The summed E-state index contributed by atoms with van der Waals surface area (Å²) in [4.78, 5) is 2.46. The average molecular weight is 715 g/mol. The molecule has 0 bridgehead atoms. The van der Waals surface area contributed by atoms with Crippen molar-refractivity contribution < 1.29 is 4.42 Å². The van der Waals surface area contributed by atoms with E-state index in [1.54, 1.807) is 0 Å². The first kappa shape index (κ1) is 31.0. The van der Waals surface area contributed by atoms with Crippen molar-refractivity contribution in [2.75, 3.05) is 4.90 Å². The van der Waals surface area contributed by atoms with E-state index in [1.807, 2.05) is 0 Å². The molecule has 0 unspecified atom stereocenters. The number of hydrogen-bond donors (Lipinski definition) is 0. The Kier molecular flexibility index (Phi) is 6.55. The smallest absolute Gasteiger partial charge is 0.140 e. The standard InChI is InChI=1S/C53H34N2O/c1-2-20-38-35(16-1)17-13-27-43(38)53(46-28-15-24-42-41-23-5-12-33-51(41)56-52(42)46)44-25-6-10-31-49(44)55(50-32-11-7-26-45(50)53)37-19-14-18-36(34-37)54-47-29-8-3-21-39(47)40-22-4-9-30-48(40)54/h1-34H. The van der Waals surface area contributed by atoms with E-state index in [0.717, 1.165) is 50.3 Å². The quantitative estimate of drug-likeness (QED) is 0.181. The highest BCUT2D eigenvalue weighted by molar-refractivity contribution is 6.10. The second kappa shape index (κ2) is 11.8. The summed E-state index contributed by atoms with van der Waals surface area (Å²) in [7, 11) is 0. The normalized spacial score (nSPS) is 13.5. The van der Waals surface area contributed by atoms with Crippen molar-refractivity contribution in [1.29, 1.82) is 0 Å². The van der Waals surface area contributed by atoms with Gasteiger partial charge in [0, 0.05) is 38.5 Å². The molecule has 3 heterocycles. The minimum Gasteiger partial charge on any atom is -0.456 e.